The molecule has 1 heterocycles. The molecule has 0 bridgehead atoms. The van der Waals surface area contributed by atoms with Gasteiger partial charge in [-0.3, -0.25) is 4.79 Å². The van der Waals surface area contributed by atoms with Gasteiger partial charge in [-0.25, -0.2) is 0 Å². The Hall–Kier alpha value is -0.970. The molecule has 2 N–H and O–H groups in total. The maximum absolute atomic E-state index is 12.4. The van der Waals surface area contributed by atoms with Crippen molar-refractivity contribution in [3.63, 3.8) is 0 Å². The van der Waals surface area contributed by atoms with E-state index >= 15 is 0 Å². The van der Waals surface area contributed by atoms with Crippen molar-refractivity contribution in [2.24, 2.45) is 5.92 Å². The van der Waals surface area contributed by atoms with E-state index in [2.05, 4.69) is 0 Å². The van der Waals surface area contributed by atoms with Crippen molar-refractivity contribution in [3.8, 4) is 0 Å². The first-order chi connectivity index (χ1) is 9.52. The fraction of sp³-hybridized carbons (Fsp3) is 0.500. The van der Waals surface area contributed by atoms with E-state index in [1.54, 1.807) is 19.2 Å². The maximum atomic E-state index is 12.4. The van der Waals surface area contributed by atoms with Gasteiger partial charge in [0.1, 0.15) is 0 Å². The minimum absolute atomic E-state index is 0.0512. The van der Waals surface area contributed by atoms with Gasteiger partial charge in [0.05, 0.1) is 15.7 Å². The molecule has 20 heavy (non-hydrogen) atoms. The number of nitrogens with two attached hydrogens (primary N) is 1. The lowest BCUT2D eigenvalue weighted by molar-refractivity contribution is 0.0613. The molecule has 1 aliphatic heterocycles. The molecule has 1 saturated heterocycles. The van der Waals surface area contributed by atoms with Crippen LogP contribution in [0.2, 0.25) is 10.0 Å². The van der Waals surface area contributed by atoms with Crippen LogP contribution < -0.4 is 5.73 Å². The summed E-state index contributed by atoms with van der Waals surface area (Å²) in [4.78, 5) is 14.2. The van der Waals surface area contributed by atoms with Crippen molar-refractivity contribution in [3.05, 3.63) is 27.7 Å². The molecule has 0 aromatic heterocycles. The summed E-state index contributed by atoms with van der Waals surface area (Å²) in [5.41, 5.74) is 6.47. The van der Waals surface area contributed by atoms with E-state index < -0.39 is 0 Å². The lowest BCUT2D eigenvalue weighted by atomic mass is 9.97. The summed E-state index contributed by atoms with van der Waals surface area (Å²) < 4.78 is 5.15. The zero-order valence-electron chi connectivity index (χ0n) is 11.4. The van der Waals surface area contributed by atoms with Crippen molar-refractivity contribution >= 4 is 34.8 Å². The minimum Gasteiger partial charge on any atom is -0.396 e. The van der Waals surface area contributed by atoms with E-state index in [1.165, 1.54) is 0 Å². The van der Waals surface area contributed by atoms with Gasteiger partial charge < -0.3 is 15.4 Å². The quantitative estimate of drug-likeness (QED) is 0.872. The SMILES string of the molecule is COCC1CCN(C(=O)c2cc(Cl)c(N)c(Cl)c2)CC1. The highest BCUT2D eigenvalue weighted by atomic mass is 35.5. The molecule has 0 atom stereocenters. The third kappa shape index (κ3) is 3.37. The second kappa shape index (κ2) is 6.66. The molecule has 1 amide bonds. The summed E-state index contributed by atoms with van der Waals surface area (Å²) in [7, 11) is 1.70. The number of carbonyl (C=O) groups is 1. The Morgan fingerprint density at radius 3 is 2.40 bits per heavy atom. The highest BCUT2D eigenvalue weighted by Crippen LogP contribution is 2.30. The van der Waals surface area contributed by atoms with E-state index in [4.69, 9.17) is 33.7 Å². The van der Waals surface area contributed by atoms with Crippen LogP contribution in [-0.4, -0.2) is 37.6 Å². The topological polar surface area (TPSA) is 55.6 Å². The Morgan fingerprint density at radius 2 is 1.90 bits per heavy atom. The molecule has 6 heteroatoms. The number of amides is 1. The predicted octanol–water partition coefficient (Wildman–Crippen LogP) is 3.07. The minimum atomic E-state index is -0.0512. The Bertz CT molecular complexity index is 477. The number of hydrogen-bond acceptors (Lipinski definition) is 3. The molecule has 110 valence electrons. The van der Waals surface area contributed by atoms with E-state index in [0.29, 0.717) is 27.2 Å². The van der Waals surface area contributed by atoms with Crippen molar-refractivity contribution in [2.75, 3.05) is 32.5 Å². The maximum Gasteiger partial charge on any atom is 0.253 e. The number of halogens is 2. The third-order valence-electron chi connectivity index (χ3n) is 3.63. The summed E-state index contributed by atoms with van der Waals surface area (Å²) in [6, 6.07) is 3.15. The van der Waals surface area contributed by atoms with Gasteiger partial charge in [-0.15, -0.1) is 0 Å². The molecule has 0 unspecified atom stereocenters. The number of hydrogen-bond donors (Lipinski definition) is 1. The van der Waals surface area contributed by atoms with Crippen LogP contribution in [0.1, 0.15) is 23.2 Å². The Labute approximate surface area is 128 Å². The number of ether oxygens (including phenoxy) is 1. The van der Waals surface area contributed by atoms with Crippen LogP contribution in [-0.2, 0) is 4.74 Å². The molecule has 1 aromatic carbocycles. The Balaban J connectivity index is 2.06. The number of methoxy groups -OCH3 is 1. The predicted molar refractivity (Wildman–Crippen MR) is 81.4 cm³/mol. The molecule has 0 saturated carbocycles. The van der Waals surface area contributed by atoms with Gasteiger partial charge in [-0.1, -0.05) is 23.2 Å². The van der Waals surface area contributed by atoms with Crippen LogP contribution in [0.3, 0.4) is 0 Å². The number of nitrogen functional groups attached to an aromatic ring is 1. The fourth-order valence-corrected chi connectivity index (χ4v) is 2.92. The van der Waals surface area contributed by atoms with Crippen molar-refractivity contribution in [2.45, 2.75) is 12.8 Å². The van der Waals surface area contributed by atoms with Crippen LogP contribution in [0.25, 0.3) is 0 Å². The molecule has 0 aliphatic carbocycles. The Kier molecular flexibility index (Phi) is 5.13. The van der Waals surface area contributed by atoms with Crippen molar-refractivity contribution in [1.82, 2.24) is 4.90 Å². The summed E-state index contributed by atoms with van der Waals surface area (Å²) in [5, 5.41) is 0.630. The largest absolute Gasteiger partial charge is 0.396 e. The van der Waals surface area contributed by atoms with Gasteiger partial charge in [-0.2, -0.15) is 0 Å². The van der Waals surface area contributed by atoms with Crippen LogP contribution in [0.4, 0.5) is 5.69 Å². The molecular formula is C14H18Cl2N2O2. The van der Waals surface area contributed by atoms with E-state index in [0.717, 1.165) is 32.5 Å². The zero-order valence-corrected chi connectivity index (χ0v) is 12.9. The van der Waals surface area contributed by atoms with E-state index in [1.807, 2.05) is 4.90 Å². The molecular weight excluding hydrogens is 299 g/mol. The van der Waals surface area contributed by atoms with Crippen molar-refractivity contribution < 1.29 is 9.53 Å². The first-order valence-electron chi connectivity index (χ1n) is 6.55. The van der Waals surface area contributed by atoms with Gasteiger partial charge >= 0.3 is 0 Å². The molecule has 4 nitrogen and oxygen atoms in total. The molecule has 1 aliphatic rings. The molecule has 2 rings (SSSR count). The lowest BCUT2D eigenvalue weighted by Crippen LogP contribution is -2.39. The highest BCUT2D eigenvalue weighted by Gasteiger charge is 2.24. The number of likely N-dealkylation sites (tertiary alicyclic amines) is 1. The van der Waals surface area contributed by atoms with Crippen LogP contribution in [0.5, 0.6) is 0 Å². The van der Waals surface area contributed by atoms with Crippen LogP contribution >= 0.6 is 23.2 Å². The number of rotatable bonds is 3. The van der Waals surface area contributed by atoms with E-state index in [9.17, 15) is 4.79 Å². The summed E-state index contributed by atoms with van der Waals surface area (Å²) in [6.45, 7) is 2.21. The van der Waals surface area contributed by atoms with Gasteiger partial charge in [0.2, 0.25) is 0 Å². The normalized spacial score (nSPS) is 16.4. The molecule has 1 fully saturated rings. The number of benzene rings is 1. The monoisotopic (exact) mass is 316 g/mol. The smallest absolute Gasteiger partial charge is 0.253 e. The fourth-order valence-electron chi connectivity index (χ4n) is 2.43. The molecule has 0 radical (unpaired) electrons. The second-order valence-corrected chi connectivity index (χ2v) is 5.86. The highest BCUT2D eigenvalue weighted by molar-refractivity contribution is 6.39. The molecule has 1 aromatic rings. The average Bonchev–Trinajstić information content (AvgIpc) is 2.44. The van der Waals surface area contributed by atoms with Gasteiger partial charge in [0.25, 0.3) is 5.91 Å². The first-order valence-corrected chi connectivity index (χ1v) is 7.31. The summed E-state index contributed by atoms with van der Waals surface area (Å²) in [6.07, 6.45) is 1.91. The average molecular weight is 317 g/mol. The lowest BCUT2D eigenvalue weighted by Gasteiger charge is -2.31. The first kappa shape index (κ1) is 15.4. The number of carbonyl (C=O) groups excluding carboxylic acids is 1. The van der Waals surface area contributed by atoms with Crippen molar-refractivity contribution in [1.29, 1.82) is 0 Å². The number of anilines is 1. The summed E-state index contributed by atoms with van der Waals surface area (Å²) in [5.74, 6) is 0.479. The second-order valence-electron chi connectivity index (χ2n) is 5.04. The van der Waals surface area contributed by atoms with Gasteiger partial charge in [-0.05, 0) is 30.9 Å². The summed E-state index contributed by atoms with van der Waals surface area (Å²) >= 11 is 11.9. The van der Waals surface area contributed by atoms with Gasteiger partial charge in [0.15, 0.2) is 0 Å². The van der Waals surface area contributed by atoms with Gasteiger partial charge in [0, 0.05) is 32.4 Å². The number of piperidine rings is 1. The van der Waals surface area contributed by atoms with Crippen LogP contribution in [0, 0.1) is 5.92 Å². The Morgan fingerprint density at radius 1 is 1.35 bits per heavy atom. The molecule has 0 spiro atoms. The standard InChI is InChI=1S/C14H18Cl2N2O2/c1-20-8-9-2-4-18(5-3-9)14(19)10-6-11(15)13(17)12(16)7-10/h6-7,9H,2-5,8,17H2,1H3. The number of nitrogens with zero attached hydrogens (tertiary/aromatic N) is 1. The third-order valence-corrected chi connectivity index (χ3v) is 4.26. The van der Waals surface area contributed by atoms with Crippen LogP contribution in [0.15, 0.2) is 12.1 Å². The van der Waals surface area contributed by atoms with E-state index in [-0.39, 0.29) is 5.91 Å². The zero-order chi connectivity index (χ0) is 14.7.